The summed E-state index contributed by atoms with van der Waals surface area (Å²) < 4.78 is 1.12. The number of amides is 1. The number of nitrogens with two attached hydrogens (primary N) is 1. The number of nitrogens with one attached hydrogen (secondary N) is 1. The van der Waals surface area contributed by atoms with Crippen molar-refractivity contribution in [1.82, 2.24) is 0 Å². The maximum absolute atomic E-state index is 11.7. The van der Waals surface area contributed by atoms with Gasteiger partial charge in [-0.1, -0.05) is 28.8 Å². The van der Waals surface area contributed by atoms with Crippen LogP contribution in [0.1, 0.15) is 36.8 Å². The Kier molecular flexibility index (Phi) is 3.66. The maximum atomic E-state index is 11.7. The van der Waals surface area contributed by atoms with Crippen molar-refractivity contribution in [2.75, 3.05) is 5.32 Å². The largest absolute Gasteiger partial charge is 0.371 e. The first-order valence-electron chi connectivity index (χ1n) is 6.29. The second kappa shape index (κ2) is 4.92. The normalized spacial score (nSPS) is 17.7. The summed E-state index contributed by atoms with van der Waals surface area (Å²) in [6.45, 7) is 4.10. The number of primary amides is 1. The minimum atomic E-state index is -0.549. The molecular weight excluding hydrogens is 292 g/mol. The standard InChI is InChI=1S/C14H19BrN2O/c1-9-7-11(8-10(2)12(9)15)17-14(13(16)18)5-3-4-6-14/h7-8,17H,3-6H2,1-2H3,(H2,16,18). The molecule has 1 fully saturated rings. The van der Waals surface area contributed by atoms with Gasteiger partial charge in [-0.25, -0.2) is 0 Å². The van der Waals surface area contributed by atoms with Crippen molar-refractivity contribution in [3.63, 3.8) is 0 Å². The Morgan fingerprint density at radius 2 is 1.78 bits per heavy atom. The van der Waals surface area contributed by atoms with Gasteiger partial charge in [0.25, 0.3) is 0 Å². The molecule has 1 saturated carbocycles. The molecule has 98 valence electrons. The van der Waals surface area contributed by atoms with Gasteiger partial charge in [0, 0.05) is 10.2 Å². The van der Waals surface area contributed by atoms with Crippen LogP contribution in [0.15, 0.2) is 16.6 Å². The van der Waals surface area contributed by atoms with Crippen LogP contribution in [0.4, 0.5) is 5.69 Å². The van der Waals surface area contributed by atoms with Crippen LogP contribution in [0.5, 0.6) is 0 Å². The van der Waals surface area contributed by atoms with Crippen molar-refractivity contribution in [1.29, 1.82) is 0 Å². The Balaban J connectivity index is 2.30. The highest BCUT2D eigenvalue weighted by Crippen LogP contribution is 2.34. The van der Waals surface area contributed by atoms with E-state index in [4.69, 9.17) is 5.73 Å². The molecule has 18 heavy (non-hydrogen) atoms. The lowest BCUT2D eigenvalue weighted by molar-refractivity contribution is -0.122. The number of hydrogen-bond donors (Lipinski definition) is 2. The molecule has 0 radical (unpaired) electrons. The Hall–Kier alpha value is -1.03. The van der Waals surface area contributed by atoms with Gasteiger partial charge in [-0.2, -0.15) is 0 Å². The Labute approximate surface area is 116 Å². The van der Waals surface area contributed by atoms with Crippen LogP contribution < -0.4 is 11.1 Å². The highest BCUT2D eigenvalue weighted by Gasteiger charge is 2.39. The third-order valence-electron chi connectivity index (χ3n) is 3.75. The molecule has 1 aliphatic rings. The molecular formula is C14H19BrN2O. The fourth-order valence-electron chi connectivity index (χ4n) is 2.71. The lowest BCUT2D eigenvalue weighted by Crippen LogP contribution is -2.48. The summed E-state index contributed by atoms with van der Waals surface area (Å²) in [5.41, 5.74) is 8.33. The molecule has 0 saturated heterocycles. The third-order valence-corrected chi connectivity index (χ3v) is 5.00. The average Bonchev–Trinajstić information content (AvgIpc) is 2.75. The molecule has 0 aromatic heterocycles. The number of benzene rings is 1. The van der Waals surface area contributed by atoms with Crippen LogP contribution in [0, 0.1) is 13.8 Å². The molecule has 1 amide bonds. The summed E-state index contributed by atoms with van der Waals surface area (Å²) in [5, 5.41) is 3.37. The predicted molar refractivity (Wildman–Crippen MR) is 77.6 cm³/mol. The molecule has 2 rings (SSSR count). The monoisotopic (exact) mass is 310 g/mol. The van der Waals surface area contributed by atoms with Gasteiger partial charge < -0.3 is 11.1 Å². The topological polar surface area (TPSA) is 55.1 Å². The summed E-state index contributed by atoms with van der Waals surface area (Å²) >= 11 is 3.55. The van der Waals surface area contributed by atoms with Gasteiger partial charge in [0.05, 0.1) is 0 Å². The van der Waals surface area contributed by atoms with E-state index in [1.807, 2.05) is 13.8 Å². The molecule has 3 nitrogen and oxygen atoms in total. The van der Waals surface area contributed by atoms with Crippen molar-refractivity contribution in [3.8, 4) is 0 Å². The van der Waals surface area contributed by atoms with E-state index in [1.54, 1.807) is 0 Å². The van der Waals surface area contributed by atoms with Gasteiger partial charge in [0.15, 0.2) is 0 Å². The van der Waals surface area contributed by atoms with E-state index in [0.29, 0.717) is 0 Å². The summed E-state index contributed by atoms with van der Waals surface area (Å²) in [6, 6.07) is 4.11. The summed E-state index contributed by atoms with van der Waals surface area (Å²) in [6.07, 6.45) is 3.78. The van der Waals surface area contributed by atoms with Gasteiger partial charge in [0.2, 0.25) is 5.91 Å². The number of hydrogen-bond acceptors (Lipinski definition) is 2. The highest BCUT2D eigenvalue weighted by atomic mass is 79.9. The predicted octanol–water partition coefficient (Wildman–Crippen LogP) is 3.28. The highest BCUT2D eigenvalue weighted by molar-refractivity contribution is 9.10. The molecule has 0 atom stereocenters. The minimum Gasteiger partial charge on any atom is -0.371 e. The Bertz CT molecular complexity index is 456. The van der Waals surface area contributed by atoms with E-state index < -0.39 is 5.54 Å². The van der Waals surface area contributed by atoms with Gasteiger partial charge >= 0.3 is 0 Å². The molecule has 0 heterocycles. The number of anilines is 1. The number of carbonyl (C=O) groups is 1. The number of carbonyl (C=O) groups excluding carboxylic acids is 1. The summed E-state index contributed by atoms with van der Waals surface area (Å²) in [7, 11) is 0. The van der Waals surface area contributed by atoms with Gasteiger partial charge in [-0.3, -0.25) is 4.79 Å². The van der Waals surface area contributed by atoms with E-state index in [-0.39, 0.29) is 5.91 Å². The molecule has 0 unspecified atom stereocenters. The van der Waals surface area contributed by atoms with Crippen LogP contribution in [-0.4, -0.2) is 11.4 Å². The van der Waals surface area contributed by atoms with E-state index in [0.717, 1.165) is 47.0 Å². The molecule has 0 bridgehead atoms. The van der Waals surface area contributed by atoms with Gasteiger partial charge in [-0.15, -0.1) is 0 Å². The van der Waals surface area contributed by atoms with Crippen molar-refractivity contribution >= 4 is 27.5 Å². The van der Waals surface area contributed by atoms with Crippen molar-refractivity contribution in [3.05, 3.63) is 27.7 Å². The molecule has 1 aromatic carbocycles. The Morgan fingerprint density at radius 3 is 2.22 bits per heavy atom. The Morgan fingerprint density at radius 1 is 1.28 bits per heavy atom. The summed E-state index contributed by atoms with van der Waals surface area (Å²) in [4.78, 5) is 11.7. The average molecular weight is 311 g/mol. The molecule has 1 aliphatic carbocycles. The van der Waals surface area contributed by atoms with Crippen LogP contribution in [0.25, 0.3) is 0 Å². The van der Waals surface area contributed by atoms with Crippen LogP contribution >= 0.6 is 15.9 Å². The fraction of sp³-hybridized carbons (Fsp3) is 0.500. The van der Waals surface area contributed by atoms with E-state index >= 15 is 0 Å². The number of aryl methyl sites for hydroxylation is 2. The molecule has 4 heteroatoms. The quantitative estimate of drug-likeness (QED) is 0.900. The zero-order valence-corrected chi connectivity index (χ0v) is 12.4. The van der Waals surface area contributed by atoms with E-state index in [9.17, 15) is 4.79 Å². The van der Waals surface area contributed by atoms with Crippen LogP contribution in [-0.2, 0) is 4.79 Å². The minimum absolute atomic E-state index is 0.238. The first kappa shape index (κ1) is 13.4. The smallest absolute Gasteiger partial charge is 0.243 e. The van der Waals surface area contributed by atoms with E-state index in [2.05, 4.69) is 33.4 Å². The zero-order chi connectivity index (χ0) is 13.3. The molecule has 0 spiro atoms. The van der Waals surface area contributed by atoms with Crippen molar-refractivity contribution in [2.45, 2.75) is 45.1 Å². The van der Waals surface area contributed by atoms with Crippen LogP contribution in [0.2, 0.25) is 0 Å². The maximum Gasteiger partial charge on any atom is 0.243 e. The van der Waals surface area contributed by atoms with Gasteiger partial charge in [0.1, 0.15) is 5.54 Å². The first-order chi connectivity index (χ1) is 8.44. The third kappa shape index (κ3) is 2.39. The van der Waals surface area contributed by atoms with Gasteiger partial charge in [-0.05, 0) is 49.9 Å². The number of halogens is 1. The summed E-state index contributed by atoms with van der Waals surface area (Å²) in [5.74, 6) is -0.238. The van der Waals surface area contributed by atoms with E-state index in [1.165, 1.54) is 0 Å². The lowest BCUT2D eigenvalue weighted by Gasteiger charge is -2.28. The zero-order valence-electron chi connectivity index (χ0n) is 10.8. The molecule has 1 aromatic rings. The SMILES string of the molecule is Cc1cc(NC2(C(N)=O)CCCC2)cc(C)c1Br. The lowest BCUT2D eigenvalue weighted by atomic mass is 9.96. The second-order valence-electron chi connectivity index (χ2n) is 5.20. The molecule has 3 N–H and O–H groups in total. The fourth-order valence-corrected chi connectivity index (χ4v) is 2.93. The van der Waals surface area contributed by atoms with Crippen molar-refractivity contribution in [2.24, 2.45) is 5.73 Å². The van der Waals surface area contributed by atoms with Crippen LogP contribution in [0.3, 0.4) is 0 Å². The molecule has 0 aliphatic heterocycles. The second-order valence-corrected chi connectivity index (χ2v) is 6.00. The number of rotatable bonds is 3. The van der Waals surface area contributed by atoms with Crippen molar-refractivity contribution < 1.29 is 4.79 Å². The first-order valence-corrected chi connectivity index (χ1v) is 7.09.